The van der Waals surface area contributed by atoms with E-state index in [9.17, 15) is 4.79 Å². The molecular formula is C25H32N2OS. The Morgan fingerprint density at radius 2 is 2.07 bits per heavy atom. The van der Waals surface area contributed by atoms with E-state index in [1.807, 2.05) is 13.1 Å². The van der Waals surface area contributed by atoms with E-state index in [0.29, 0.717) is 17.8 Å². The number of carbonyl (C=O) groups is 1. The zero-order valence-corrected chi connectivity index (χ0v) is 18.4. The lowest BCUT2D eigenvalue weighted by Crippen LogP contribution is -2.42. The quantitative estimate of drug-likeness (QED) is 0.641. The Bertz CT molecular complexity index is 906. The third-order valence-corrected chi connectivity index (χ3v) is 9.04. The first-order valence-electron chi connectivity index (χ1n) is 11.3. The van der Waals surface area contributed by atoms with Gasteiger partial charge in [-0.3, -0.25) is 4.79 Å². The van der Waals surface area contributed by atoms with E-state index in [0.717, 1.165) is 34.2 Å². The molecule has 0 aliphatic heterocycles. The van der Waals surface area contributed by atoms with E-state index < -0.39 is 0 Å². The highest BCUT2D eigenvalue weighted by molar-refractivity contribution is 7.15. The number of benzene rings is 1. The maximum atomic E-state index is 12.5. The van der Waals surface area contributed by atoms with Gasteiger partial charge >= 0.3 is 0 Å². The summed E-state index contributed by atoms with van der Waals surface area (Å²) >= 11 is 1.56. The second-order valence-electron chi connectivity index (χ2n) is 9.89. The molecule has 1 heterocycles. The van der Waals surface area contributed by atoms with Crippen molar-refractivity contribution in [1.29, 1.82) is 0 Å². The molecule has 2 fully saturated rings. The van der Waals surface area contributed by atoms with Gasteiger partial charge in [0.05, 0.1) is 0 Å². The molecule has 0 spiro atoms. The predicted molar refractivity (Wildman–Crippen MR) is 119 cm³/mol. The van der Waals surface area contributed by atoms with Gasteiger partial charge in [0.25, 0.3) is 0 Å². The monoisotopic (exact) mass is 408 g/mol. The van der Waals surface area contributed by atoms with Gasteiger partial charge in [0.15, 0.2) is 5.13 Å². The van der Waals surface area contributed by atoms with Crippen molar-refractivity contribution < 1.29 is 4.79 Å². The summed E-state index contributed by atoms with van der Waals surface area (Å²) in [6.07, 6.45) is 11.4. The van der Waals surface area contributed by atoms with Crippen LogP contribution in [0.3, 0.4) is 0 Å². The molecule has 1 amide bonds. The van der Waals surface area contributed by atoms with Gasteiger partial charge in [0.1, 0.15) is 0 Å². The number of rotatable bonds is 4. The third-order valence-electron chi connectivity index (χ3n) is 8.21. The molecule has 3 aliphatic rings. The Labute approximate surface area is 178 Å². The van der Waals surface area contributed by atoms with Crippen molar-refractivity contribution >= 4 is 22.4 Å². The van der Waals surface area contributed by atoms with Crippen LogP contribution in [0.2, 0.25) is 0 Å². The molecule has 29 heavy (non-hydrogen) atoms. The smallest absolute Gasteiger partial charge is 0.226 e. The summed E-state index contributed by atoms with van der Waals surface area (Å²) in [5.41, 5.74) is 3.71. The van der Waals surface area contributed by atoms with Crippen molar-refractivity contribution in [1.82, 2.24) is 4.98 Å². The van der Waals surface area contributed by atoms with Gasteiger partial charge in [-0.25, -0.2) is 4.98 Å². The van der Waals surface area contributed by atoms with Gasteiger partial charge in [-0.05, 0) is 92.1 Å². The van der Waals surface area contributed by atoms with Crippen LogP contribution in [0, 0.1) is 30.1 Å². The summed E-state index contributed by atoms with van der Waals surface area (Å²) in [5, 5.41) is 3.75. The number of carbonyl (C=O) groups excluding carboxylic acids is 1. The van der Waals surface area contributed by atoms with Gasteiger partial charge < -0.3 is 5.32 Å². The highest BCUT2D eigenvalue weighted by Crippen LogP contribution is 2.63. The fourth-order valence-electron chi connectivity index (χ4n) is 6.99. The van der Waals surface area contributed by atoms with E-state index in [1.54, 1.807) is 22.5 Å². The van der Waals surface area contributed by atoms with Crippen LogP contribution in [0.4, 0.5) is 5.13 Å². The number of hydrogen-bond donors (Lipinski definition) is 1. The normalized spacial score (nSPS) is 32.9. The van der Waals surface area contributed by atoms with E-state index in [4.69, 9.17) is 0 Å². The van der Waals surface area contributed by atoms with Crippen LogP contribution in [0.5, 0.6) is 0 Å². The number of nitrogens with zero attached hydrogens (tertiary/aromatic N) is 1. The van der Waals surface area contributed by atoms with Crippen LogP contribution in [-0.2, 0) is 11.2 Å². The fraction of sp³-hybridized carbons (Fsp3) is 0.600. The van der Waals surface area contributed by atoms with Crippen LogP contribution < -0.4 is 5.32 Å². The van der Waals surface area contributed by atoms with E-state index in [-0.39, 0.29) is 5.91 Å². The molecule has 3 nitrogen and oxygen atoms in total. The highest BCUT2D eigenvalue weighted by atomic mass is 32.1. The molecule has 2 aromatic rings. The van der Waals surface area contributed by atoms with Crippen molar-refractivity contribution in [2.45, 2.75) is 71.1 Å². The van der Waals surface area contributed by atoms with Crippen LogP contribution in [0.25, 0.3) is 0 Å². The largest absolute Gasteiger partial charge is 0.302 e. The number of nitrogens with one attached hydrogen (secondary N) is 1. The summed E-state index contributed by atoms with van der Waals surface area (Å²) in [6.45, 7) is 4.57. The average Bonchev–Trinajstić information content (AvgIpc) is 3.28. The van der Waals surface area contributed by atoms with Crippen molar-refractivity contribution in [3.63, 3.8) is 0 Å². The highest BCUT2D eigenvalue weighted by Gasteiger charge is 2.53. The lowest BCUT2D eigenvalue weighted by Gasteiger charge is -2.51. The molecule has 3 aliphatic carbocycles. The molecule has 0 saturated heterocycles. The summed E-state index contributed by atoms with van der Waals surface area (Å²) in [6, 6.07) is 9.16. The van der Waals surface area contributed by atoms with E-state index >= 15 is 0 Å². The first kappa shape index (κ1) is 19.3. The van der Waals surface area contributed by atoms with Gasteiger partial charge in [0.2, 0.25) is 5.91 Å². The Morgan fingerprint density at radius 1 is 1.24 bits per heavy atom. The Hall–Kier alpha value is -1.68. The van der Waals surface area contributed by atoms with Crippen LogP contribution >= 0.6 is 11.3 Å². The zero-order chi connectivity index (χ0) is 20.0. The minimum absolute atomic E-state index is 0.134. The lowest BCUT2D eigenvalue weighted by molar-refractivity contribution is -0.116. The number of amides is 1. The van der Waals surface area contributed by atoms with Gasteiger partial charge in [-0.1, -0.05) is 31.2 Å². The van der Waals surface area contributed by atoms with Gasteiger partial charge in [-0.2, -0.15) is 0 Å². The molecule has 1 aromatic heterocycles. The molecule has 5 rings (SSSR count). The molecular weight excluding hydrogens is 376 g/mol. The molecule has 154 valence electrons. The number of anilines is 1. The Morgan fingerprint density at radius 3 is 2.90 bits per heavy atom. The van der Waals surface area contributed by atoms with Crippen molar-refractivity contribution in [2.75, 3.05) is 5.32 Å². The topological polar surface area (TPSA) is 42.0 Å². The van der Waals surface area contributed by atoms with Crippen molar-refractivity contribution in [2.24, 2.45) is 23.2 Å². The third kappa shape index (κ3) is 3.54. The second-order valence-corrected chi connectivity index (χ2v) is 11.1. The number of thiazole rings is 1. The lowest BCUT2D eigenvalue weighted by atomic mass is 9.54. The van der Waals surface area contributed by atoms with Crippen LogP contribution in [-0.4, -0.2) is 10.9 Å². The van der Waals surface area contributed by atoms with Crippen LogP contribution in [0.15, 0.2) is 30.5 Å². The summed E-state index contributed by atoms with van der Waals surface area (Å²) in [5.74, 6) is 3.16. The first-order chi connectivity index (χ1) is 14.0. The molecule has 2 saturated carbocycles. The number of fused-ring (bicyclic) bond motifs is 5. The zero-order valence-electron chi connectivity index (χ0n) is 17.6. The molecule has 0 bridgehead atoms. The van der Waals surface area contributed by atoms with Crippen molar-refractivity contribution in [3.8, 4) is 0 Å². The second kappa shape index (κ2) is 7.54. The minimum Gasteiger partial charge on any atom is -0.302 e. The Balaban J connectivity index is 1.29. The van der Waals surface area contributed by atoms with E-state index in [1.165, 1.54) is 38.5 Å². The molecule has 4 heteroatoms. The predicted octanol–water partition coefficient (Wildman–Crippen LogP) is 6.34. The fourth-order valence-corrected chi connectivity index (χ4v) is 7.67. The molecule has 0 radical (unpaired) electrons. The summed E-state index contributed by atoms with van der Waals surface area (Å²) < 4.78 is 0. The SMILES string of the molecule is Cc1cnc(NC(=O)CC[C@@H]2CC[C@@]3(C)CC[C@@H]4c5ccccc5CC[C@H]4[C@H]23)s1. The number of aromatic nitrogens is 1. The maximum absolute atomic E-state index is 12.5. The molecule has 1 aromatic carbocycles. The summed E-state index contributed by atoms with van der Waals surface area (Å²) in [4.78, 5) is 17.9. The number of hydrogen-bond acceptors (Lipinski definition) is 3. The van der Waals surface area contributed by atoms with Crippen molar-refractivity contribution in [3.05, 3.63) is 46.5 Å². The summed E-state index contributed by atoms with van der Waals surface area (Å²) in [7, 11) is 0. The minimum atomic E-state index is 0.134. The maximum Gasteiger partial charge on any atom is 0.226 e. The molecule has 0 unspecified atom stereocenters. The van der Waals surface area contributed by atoms with Gasteiger partial charge in [0, 0.05) is 17.5 Å². The van der Waals surface area contributed by atoms with Gasteiger partial charge in [-0.15, -0.1) is 11.3 Å². The van der Waals surface area contributed by atoms with E-state index in [2.05, 4.69) is 41.5 Å². The first-order valence-corrected chi connectivity index (χ1v) is 12.2. The molecule has 5 atom stereocenters. The Kier molecular flexibility index (Phi) is 5.01. The standard InChI is InChI=1S/C25H32N2OS/c1-16-15-26-24(29-16)27-22(28)10-8-18-11-13-25(2)14-12-20-19-6-4-3-5-17(19)7-9-21(20)23(18)25/h3-6,15,18,20-21,23H,7-14H2,1-2H3,(H,26,27,28)/t18-,20-,21-,23+,25+/m1/s1. The molecule has 1 N–H and O–H groups in total. The average molecular weight is 409 g/mol. The van der Waals surface area contributed by atoms with Crippen LogP contribution in [0.1, 0.15) is 73.8 Å². The number of aryl methyl sites for hydroxylation is 2.